The highest BCUT2D eigenvalue weighted by Crippen LogP contribution is 2.47. The summed E-state index contributed by atoms with van der Waals surface area (Å²) in [6.45, 7) is 2.05. The standard InChI is InChI=1S/C18H20O2S/c1-18-11-10-16(19)14(15(18)8-5-9-17(18)20)12-21-13-6-3-2-4-7-13/h2-4,6-7H,5,8-12H2,1H3/t18-/m1/s1. The van der Waals surface area contributed by atoms with E-state index in [4.69, 9.17) is 0 Å². The maximum absolute atomic E-state index is 12.3. The molecule has 0 saturated heterocycles. The molecule has 21 heavy (non-hydrogen) atoms. The second-order valence-corrected chi connectivity index (χ2v) is 7.14. The van der Waals surface area contributed by atoms with Crippen LogP contribution in [-0.2, 0) is 9.59 Å². The normalized spacial score (nSPS) is 26.0. The lowest BCUT2D eigenvalue weighted by atomic mass is 9.63. The maximum atomic E-state index is 12.3. The summed E-state index contributed by atoms with van der Waals surface area (Å²) in [6, 6.07) is 10.1. The Morgan fingerprint density at radius 1 is 1.10 bits per heavy atom. The van der Waals surface area contributed by atoms with Crippen LogP contribution in [0.1, 0.15) is 39.0 Å². The molecule has 0 amide bonds. The van der Waals surface area contributed by atoms with E-state index in [2.05, 4.69) is 12.1 Å². The molecule has 0 radical (unpaired) electrons. The molecule has 0 aromatic heterocycles. The van der Waals surface area contributed by atoms with Gasteiger partial charge in [0.15, 0.2) is 5.78 Å². The van der Waals surface area contributed by atoms with Gasteiger partial charge in [0.1, 0.15) is 5.78 Å². The number of hydrogen-bond donors (Lipinski definition) is 0. The smallest absolute Gasteiger partial charge is 0.159 e. The molecule has 0 N–H and O–H groups in total. The molecule has 0 bridgehead atoms. The number of ketones is 2. The van der Waals surface area contributed by atoms with Gasteiger partial charge >= 0.3 is 0 Å². The van der Waals surface area contributed by atoms with Crippen LogP contribution in [-0.4, -0.2) is 17.3 Å². The van der Waals surface area contributed by atoms with Gasteiger partial charge in [-0.3, -0.25) is 9.59 Å². The molecule has 0 heterocycles. The van der Waals surface area contributed by atoms with E-state index in [0.29, 0.717) is 30.8 Å². The lowest BCUT2D eigenvalue weighted by Gasteiger charge is -2.39. The van der Waals surface area contributed by atoms with Gasteiger partial charge in [0.05, 0.1) is 0 Å². The van der Waals surface area contributed by atoms with Crippen molar-refractivity contribution < 1.29 is 9.59 Å². The van der Waals surface area contributed by atoms with Gasteiger partial charge in [0.25, 0.3) is 0 Å². The van der Waals surface area contributed by atoms with Crippen LogP contribution < -0.4 is 0 Å². The van der Waals surface area contributed by atoms with Gasteiger partial charge in [0, 0.05) is 34.5 Å². The molecule has 1 aromatic carbocycles. The van der Waals surface area contributed by atoms with Crippen LogP contribution in [0.15, 0.2) is 46.4 Å². The minimum atomic E-state index is -0.362. The van der Waals surface area contributed by atoms with E-state index < -0.39 is 0 Å². The Labute approximate surface area is 130 Å². The van der Waals surface area contributed by atoms with Crippen molar-refractivity contribution in [3.8, 4) is 0 Å². The highest BCUT2D eigenvalue weighted by atomic mass is 32.2. The molecule has 0 spiro atoms. The first kappa shape index (κ1) is 14.6. The van der Waals surface area contributed by atoms with Crippen molar-refractivity contribution >= 4 is 23.3 Å². The maximum Gasteiger partial charge on any atom is 0.159 e. The molecule has 2 aliphatic carbocycles. The molecule has 110 valence electrons. The van der Waals surface area contributed by atoms with E-state index in [9.17, 15) is 9.59 Å². The first-order chi connectivity index (χ1) is 10.1. The van der Waals surface area contributed by atoms with Crippen LogP contribution in [0.2, 0.25) is 0 Å². The SMILES string of the molecule is C[C@@]12CCC(=O)C(CSc3ccccc3)=C1CCCC2=O. The van der Waals surface area contributed by atoms with E-state index >= 15 is 0 Å². The number of allylic oxidation sites excluding steroid dienone is 1. The fourth-order valence-electron chi connectivity index (χ4n) is 3.44. The van der Waals surface area contributed by atoms with E-state index in [-0.39, 0.29) is 11.2 Å². The summed E-state index contributed by atoms with van der Waals surface area (Å²) in [5, 5.41) is 0. The Morgan fingerprint density at radius 2 is 1.86 bits per heavy atom. The van der Waals surface area contributed by atoms with Gasteiger partial charge < -0.3 is 0 Å². The van der Waals surface area contributed by atoms with Crippen molar-refractivity contribution in [3.05, 3.63) is 41.5 Å². The minimum absolute atomic E-state index is 0.251. The zero-order valence-electron chi connectivity index (χ0n) is 12.4. The van der Waals surface area contributed by atoms with Gasteiger partial charge in [-0.05, 0) is 43.9 Å². The Hall–Kier alpha value is -1.35. The zero-order valence-corrected chi connectivity index (χ0v) is 13.2. The number of Topliss-reactive ketones (excluding diaryl/α,β-unsaturated/α-hetero) is 2. The fourth-order valence-corrected chi connectivity index (χ4v) is 4.44. The molecular weight excluding hydrogens is 280 g/mol. The summed E-state index contributed by atoms with van der Waals surface area (Å²) in [5.41, 5.74) is 1.70. The van der Waals surface area contributed by atoms with Crippen molar-refractivity contribution in [1.29, 1.82) is 0 Å². The molecule has 2 aliphatic rings. The lowest BCUT2D eigenvalue weighted by Crippen LogP contribution is -2.39. The third-order valence-corrected chi connectivity index (χ3v) is 5.83. The van der Waals surface area contributed by atoms with Crippen LogP contribution >= 0.6 is 11.8 Å². The Morgan fingerprint density at radius 3 is 2.62 bits per heavy atom. The molecule has 3 rings (SSSR count). The van der Waals surface area contributed by atoms with Gasteiger partial charge in [0.2, 0.25) is 0 Å². The summed E-state index contributed by atoms with van der Waals surface area (Å²) < 4.78 is 0. The minimum Gasteiger partial charge on any atom is -0.299 e. The predicted octanol–water partition coefficient (Wildman–Crippen LogP) is 4.20. The molecule has 1 saturated carbocycles. The molecular formula is C18H20O2S. The monoisotopic (exact) mass is 300 g/mol. The molecule has 1 fully saturated rings. The molecule has 0 unspecified atom stereocenters. The predicted molar refractivity (Wildman–Crippen MR) is 85.4 cm³/mol. The number of fused-ring (bicyclic) bond motifs is 1. The Kier molecular flexibility index (Phi) is 4.03. The number of carbonyl (C=O) groups is 2. The number of benzene rings is 1. The van der Waals surface area contributed by atoms with Crippen molar-refractivity contribution in [2.75, 3.05) is 5.75 Å². The number of hydrogen-bond acceptors (Lipinski definition) is 3. The third kappa shape index (κ3) is 2.71. The van der Waals surface area contributed by atoms with Gasteiger partial charge in [-0.2, -0.15) is 0 Å². The summed E-state index contributed by atoms with van der Waals surface area (Å²) in [7, 11) is 0. The Bertz CT molecular complexity index is 603. The largest absolute Gasteiger partial charge is 0.299 e. The zero-order chi connectivity index (χ0) is 14.9. The summed E-state index contributed by atoms with van der Waals surface area (Å²) in [4.78, 5) is 25.8. The van der Waals surface area contributed by atoms with Crippen molar-refractivity contribution in [1.82, 2.24) is 0 Å². The molecule has 0 aliphatic heterocycles. The second kappa shape index (κ2) is 5.80. The van der Waals surface area contributed by atoms with Crippen LogP contribution in [0, 0.1) is 5.41 Å². The van der Waals surface area contributed by atoms with Crippen molar-refractivity contribution in [2.24, 2.45) is 5.41 Å². The van der Waals surface area contributed by atoms with E-state index in [0.717, 1.165) is 24.0 Å². The van der Waals surface area contributed by atoms with E-state index in [1.54, 1.807) is 11.8 Å². The van der Waals surface area contributed by atoms with Crippen LogP contribution in [0.3, 0.4) is 0 Å². The third-order valence-electron chi connectivity index (χ3n) is 4.79. The highest BCUT2D eigenvalue weighted by molar-refractivity contribution is 7.99. The first-order valence-corrected chi connectivity index (χ1v) is 8.57. The average molecular weight is 300 g/mol. The summed E-state index contributed by atoms with van der Waals surface area (Å²) in [5.74, 6) is 1.28. The lowest BCUT2D eigenvalue weighted by molar-refractivity contribution is -0.129. The van der Waals surface area contributed by atoms with Crippen molar-refractivity contribution in [3.63, 3.8) is 0 Å². The highest BCUT2D eigenvalue weighted by Gasteiger charge is 2.44. The first-order valence-electron chi connectivity index (χ1n) is 7.58. The van der Waals surface area contributed by atoms with Gasteiger partial charge in [-0.25, -0.2) is 0 Å². The second-order valence-electron chi connectivity index (χ2n) is 6.09. The van der Waals surface area contributed by atoms with Gasteiger partial charge in [-0.1, -0.05) is 18.2 Å². The number of rotatable bonds is 3. The topological polar surface area (TPSA) is 34.1 Å². The summed E-state index contributed by atoms with van der Waals surface area (Å²) in [6.07, 6.45) is 3.72. The van der Waals surface area contributed by atoms with Crippen LogP contribution in [0.4, 0.5) is 0 Å². The van der Waals surface area contributed by atoms with Gasteiger partial charge in [-0.15, -0.1) is 11.8 Å². The Balaban J connectivity index is 1.88. The molecule has 2 nitrogen and oxygen atoms in total. The van der Waals surface area contributed by atoms with Crippen molar-refractivity contribution in [2.45, 2.75) is 43.9 Å². The summed E-state index contributed by atoms with van der Waals surface area (Å²) >= 11 is 1.70. The van der Waals surface area contributed by atoms with E-state index in [1.165, 1.54) is 4.90 Å². The quantitative estimate of drug-likeness (QED) is 0.785. The van der Waals surface area contributed by atoms with Crippen LogP contribution in [0.25, 0.3) is 0 Å². The molecule has 1 atom stereocenters. The van der Waals surface area contributed by atoms with Crippen LogP contribution in [0.5, 0.6) is 0 Å². The van der Waals surface area contributed by atoms with E-state index in [1.807, 2.05) is 25.1 Å². The average Bonchev–Trinajstić information content (AvgIpc) is 2.50. The molecule has 1 aromatic rings. The number of carbonyl (C=O) groups excluding carboxylic acids is 2. The number of thioether (sulfide) groups is 1. The molecule has 3 heteroatoms. The fraction of sp³-hybridized carbons (Fsp3) is 0.444.